The van der Waals surface area contributed by atoms with Crippen molar-refractivity contribution in [2.75, 3.05) is 5.73 Å². The lowest BCUT2D eigenvalue weighted by Gasteiger charge is -2.03. The first-order valence-corrected chi connectivity index (χ1v) is 5.20. The number of aryl methyl sites for hydroxylation is 1. The number of para-hydroxylation sites is 1. The Labute approximate surface area is 99.6 Å². The molecule has 4 heteroatoms. The number of nitriles is 1. The second-order valence-electron chi connectivity index (χ2n) is 3.59. The molecule has 4 nitrogen and oxygen atoms in total. The van der Waals surface area contributed by atoms with Crippen LogP contribution in [0.15, 0.2) is 36.4 Å². The normalized spacial score (nSPS) is 10.6. The van der Waals surface area contributed by atoms with Gasteiger partial charge in [-0.25, -0.2) is 4.68 Å². The second-order valence-corrected chi connectivity index (χ2v) is 3.59. The molecule has 1 heterocycles. The summed E-state index contributed by atoms with van der Waals surface area (Å²) in [6, 6.07) is 11.6. The summed E-state index contributed by atoms with van der Waals surface area (Å²) in [5.74, 6) is 0.542. The Morgan fingerprint density at radius 3 is 2.71 bits per heavy atom. The SMILES string of the molecule is Cc1nn(-c2ccccc2)c(N)c1/C=C\C#N. The lowest BCUT2D eigenvalue weighted by atomic mass is 10.2. The van der Waals surface area contributed by atoms with E-state index >= 15 is 0 Å². The first-order valence-electron chi connectivity index (χ1n) is 5.20. The summed E-state index contributed by atoms with van der Waals surface area (Å²) >= 11 is 0. The first kappa shape index (κ1) is 11.0. The van der Waals surface area contributed by atoms with Gasteiger partial charge in [-0.1, -0.05) is 18.2 Å². The molecule has 0 aliphatic carbocycles. The van der Waals surface area contributed by atoms with Crippen LogP contribution in [0.4, 0.5) is 5.82 Å². The summed E-state index contributed by atoms with van der Waals surface area (Å²) in [5, 5.41) is 12.9. The average Bonchev–Trinajstić information content (AvgIpc) is 2.64. The van der Waals surface area contributed by atoms with Gasteiger partial charge in [0.25, 0.3) is 0 Å². The Morgan fingerprint density at radius 2 is 2.06 bits per heavy atom. The van der Waals surface area contributed by atoms with Crippen LogP contribution in [0.25, 0.3) is 11.8 Å². The van der Waals surface area contributed by atoms with Gasteiger partial charge in [0.1, 0.15) is 5.82 Å². The first-order chi connectivity index (χ1) is 8.24. The molecule has 0 aliphatic rings. The molecule has 0 spiro atoms. The second kappa shape index (κ2) is 4.54. The van der Waals surface area contributed by atoms with Crippen LogP contribution in [0.3, 0.4) is 0 Å². The van der Waals surface area contributed by atoms with Crippen molar-refractivity contribution in [1.82, 2.24) is 9.78 Å². The molecule has 2 aromatic rings. The third kappa shape index (κ3) is 2.04. The Kier molecular flexibility index (Phi) is 2.93. The van der Waals surface area contributed by atoms with Crippen molar-refractivity contribution in [3.63, 3.8) is 0 Å². The number of nitrogen functional groups attached to an aromatic ring is 1. The molecule has 0 unspecified atom stereocenters. The predicted molar refractivity (Wildman–Crippen MR) is 67.4 cm³/mol. The highest BCUT2D eigenvalue weighted by atomic mass is 15.3. The van der Waals surface area contributed by atoms with Crippen LogP contribution in [0.1, 0.15) is 11.3 Å². The van der Waals surface area contributed by atoms with E-state index in [0.29, 0.717) is 5.82 Å². The quantitative estimate of drug-likeness (QED) is 0.796. The monoisotopic (exact) mass is 224 g/mol. The minimum atomic E-state index is 0.542. The molecule has 0 fully saturated rings. The fourth-order valence-electron chi connectivity index (χ4n) is 1.65. The Hall–Kier alpha value is -2.54. The molecular weight excluding hydrogens is 212 g/mol. The summed E-state index contributed by atoms with van der Waals surface area (Å²) < 4.78 is 1.67. The van der Waals surface area contributed by atoms with E-state index in [0.717, 1.165) is 16.9 Å². The zero-order chi connectivity index (χ0) is 12.3. The van der Waals surface area contributed by atoms with E-state index in [9.17, 15) is 0 Å². The summed E-state index contributed by atoms with van der Waals surface area (Å²) in [6.07, 6.45) is 3.08. The van der Waals surface area contributed by atoms with Crippen LogP contribution in [-0.4, -0.2) is 9.78 Å². The number of anilines is 1. The summed E-state index contributed by atoms with van der Waals surface area (Å²) in [6.45, 7) is 1.87. The molecule has 84 valence electrons. The van der Waals surface area contributed by atoms with E-state index in [1.165, 1.54) is 6.08 Å². The highest BCUT2D eigenvalue weighted by Gasteiger charge is 2.10. The van der Waals surface area contributed by atoms with Crippen LogP contribution in [0, 0.1) is 18.3 Å². The molecule has 1 aromatic carbocycles. The van der Waals surface area contributed by atoms with E-state index in [-0.39, 0.29) is 0 Å². The number of allylic oxidation sites excluding steroid dienone is 1. The van der Waals surface area contributed by atoms with Gasteiger partial charge in [-0.3, -0.25) is 0 Å². The standard InChI is InChI=1S/C13H12N4/c1-10-12(8-5-9-14)13(15)17(16-10)11-6-3-2-4-7-11/h2-8H,15H2,1H3/b8-5-. The van der Waals surface area contributed by atoms with Gasteiger partial charge in [0.05, 0.1) is 17.5 Å². The smallest absolute Gasteiger partial charge is 0.134 e. The largest absolute Gasteiger partial charge is 0.383 e. The molecule has 0 aliphatic heterocycles. The van der Waals surface area contributed by atoms with Crippen molar-refractivity contribution < 1.29 is 0 Å². The Balaban J connectivity index is 2.52. The lowest BCUT2D eigenvalue weighted by molar-refractivity contribution is 0.872. The number of nitrogens with two attached hydrogens (primary N) is 1. The molecule has 0 bridgehead atoms. The van der Waals surface area contributed by atoms with Crippen molar-refractivity contribution >= 4 is 11.9 Å². The number of nitrogens with zero attached hydrogens (tertiary/aromatic N) is 3. The molecule has 17 heavy (non-hydrogen) atoms. The highest BCUT2D eigenvalue weighted by Crippen LogP contribution is 2.21. The van der Waals surface area contributed by atoms with Crippen molar-refractivity contribution in [2.24, 2.45) is 0 Å². The molecule has 1 aromatic heterocycles. The maximum atomic E-state index is 8.53. The van der Waals surface area contributed by atoms with E-state index < -0.39 is 0 Å². The number of benzene rings is 1. The predicted octanol–water partition coefficient (Wildman–Crippen LogP) is 2.30. The Morgan fingerprint density at radius 1 is 1.35 bits per heavy atom. The van der Waals surface area contributed by atoms with Gasteiger partial charge in [0.15, 0.2) is 0 Å². The molecule has 2 N–H and O–H groups in total. The third-order valence-corrected chi connectivity index (χ3v) is 2.47. The van der Waals surface area contributed by atoms with Crippen molar-refractivity contribution in [1.29, 1.82) is 5.26 Å². The van der Waals surface area contributed by atoms with Crippen LogP contribution in [0.5, 0.6) is 0 Å². The maximum absolute atomic E-state index is 8.53. The summed E-state index contributed by atoms with van der Waals surface area (Å²) in [4.78, 5) is 0. The number of hydrogen-bond acceptors (Lipinski definition) is 3. The van der Waals surface area contributed by atoms with Gasteiger partial charge in [-0.05, 0) is 25.1 Å². The zero-order valence-corrected chi connectivity index (χ0v) is 9.46. The van der Waals surface area contributed by atoms with Gasteiger partial charge < -0.3 is 5.73 Å². The van der Waals surface area contributed by atoms with Crippen molar-refractivity contribution in [3.05, 3.63) is 47.7 Å². The van der Waals surface area contributed by atoms with E-state index in [2.05, 4.69) is 5.10 Å². The molecule has 2 rings (SSSR count). The molecule has 0 radical (unpaired) electrons. The third-order valence-electron chi connectivity index (χ3n) is 2.47. The fraction of sp³-hybridized carbons (Fsp3) is 0.0769. The van der Waals surface area contributed by atoms with Crippen molar-refractivity contribution in [3.8, 4) is 11.8 Å². The molecule has 0 saturated heterocycles. The summed E-state index contributed by atoms with van der Waals surface area (Å²) in [7, 11) is 0. The minimum absolute atomic E-state index is 0.542. The Bertz CT molecular complexity index is 588. The van der Waals surface area contributed by atoms with Gasteiger partial charge >= 0.3 is 0 Å². The maximum Gasteiger partial charge on any atom is 0.134 e. The van der Waals surface area contributed by atoms with Crippen LogP contribution in [0.2, 0.25) is 0 Å². The van der Waals surface area contributed by atoms with Crippen LogP contribution >= 0.6 is 0 Å². The molecular formula is C13H12N4. The van der Waals surface area contributed by atoms with E-state index in [1.54, 1.807) is 10.8 Å². The number of hydrogen-bond donors (Lipinski definition) is 1. The lowest BCUT2D eigenvalue weighted by Crippen LogP contribution is -2.01. The van der Waals surface area contributed by atoms with Gasteiger partial charge in [-0.2, -0.15) is 10.4 Å². The summed E-state index contributed by atoms with van der Waals surface area (Å²) in [5.41, 5.74) is 8.51. The zero-order valence-electron chi connectivity index (χ0n) is 9.46. The molecule has 0 saturated carbocycles. The molecule has 0 amide bonds. The van der Waals surface area contributed by atoms with Gasteiger partial charge in [-0.15, -0.1) is 0 Å². The number of rotatable bonds is 2. The minimum Gasteiger partial charge on any atom is -0.383 e. The molecule has 0 atom stereocenters. The van der Waals surface area contributed by atoms with Gasteiger partial charge in [0, 0.05) is 11.6 Å². The highest BCUT2D eigenvalue weighted by molar-refractivity contribution is 5.66. The van der Waals surface area contributed by atoms with Crippen LogP contribution < -0.4 is 5.73 Å². The van der Waals surface area contributed by atoms with E-state index in [1.807, 2.05) is 43.3 Å². The van der Waals surface area contributed by atoms with Crippen molar-refractivity contribution in [2.45, 2.75) is 6.92 Å². The van der Waals surface area contributed by atoms with E-state index in [4.69, 9.17) is 11.0 Å². The average molecular weight is 224 g/mol. The van der Waals surface area contributed by atoms with Gasteiger partial charge in [0.2, 0.25) is 0 Å². The number of aromatic nitrogens is 2. The fourth-order valence-corrected chi connectivity index (χ4v) is 1.65. The van der Waals surface area contributed by atoms with Crippen LogP contribution in [-0.2, 0) is 0 Å². The topological polar surface area (TPSA) is 67.6 Å².